The fraction of sp³-hybridized carbons (Fsp3) is 0.308. The molecule has 0 aliphatic heterocycles. The van der Waals surface area contributed by atoms with Crippen molar-refractivity contribution in [3.05, 3.63) is 40.7 Å². The van der Waals surface area contributed by atoms with Crippen molar-refractivity contribution in [1.82, 2.24) is 15.2 Å². The van der Waals surface area contributed by atoms with E-state index in [1.54, 1.807) is 39.0 Å². The molecule has 8 heteroatoms. The van der Waals surface area contributed by atoms with Crippen molar-refractivity contribution in [3.8, 4) is 0 Å². The van der Waals surface area contributed by atoms with E-state index in [4.69, 9.17) is 5.73 Å². The van der Waals surface area contributed by atoms with Gasteiger partial charge in [-0.15, -0.1) is 5.10 Å². The van der Waals surface area contributed by atoms with E-state index >= 15 is 0 Å². The predicted octanol–water partition coefficient (Wildman–Crippen LogP) is 1.06. The van der Waals surface area contributed by atoms with Crippen LogP contribution in [0.5, 0.6) is 0 Å². The first-order valence-corrected chi connectivity index (χ1v) is 7.82. The molecule has 0 radical (unpaired) electrons. The quantitative estimate of drug-likeness (QED) is 0.873. The molecule has 1 aromatic carbocycles. The van der Waals surface area contributed by atoms with Gasteiger partial charge < -0.3 is 5.73 Å². The molecular formula is C13H17N5O2S. The number of anilines is 1. The molecule has 0 fully saturated rings. The normalized spacial score (nSPS) is 11.4. The van der Waals surface area contributed by atoms with E-state index in [1.165, 1.54) is 0 Å². The maximum absolute atomic E-state index is 12.4. The highest BCUT2D eigenvalue weighted by molar-refractivity contribution is 7.92. The van der Waals surface area contributed by atoms with E-state index < -0.39 is 10.0 Å². The minimum atomic E-state index is -3.78. The second kappa shape index (κ2) is 5.74. The van der Waals surface area contributed by atoms with Crippen LogP contribution < -0.4 is 10.5 Å². The summed E-state index contributed by atoms with van der Waals surface area (Å²) in [6.07, 6.45) is 0. The van der Waals surface area contributed by atoms with Crippen molar-refractivity contribution in [2.24, 2.45) is 5.73 Å². The zero-order chi connectivity index (χ0) is 15.6. The average molecular weight is 307 g/mol. The summed E-state index contributed by atoms with van der Waals surface area (Å²) in [4.78, 5) is 4.23. The maximum atomic E-state index is 12.4. The molecule has 0 atom stereocenters. The Balaban J connectivity index is 2.40. The smallest absolute Gasteiger partial charge is 0.264 e. The van der Waals surface area contributed by atoms with Crippen LogP contribution in [0.1, 0.15) is 22.5 Å². The molecule has 0 amide bonds. The Morgan fingerprint density at radius 3 is 2.48 bits per heavy atom. The lowest BCUT2D eigenvalue weighted by atomic mass is 10.1. The molecule has 0 aliphatic rings. The molecule has 2 aromatic rings. The number of aryl methyl sites for hydroxylation is 3. The molecule has 0 unspecified atom stereocenters. The van der Waals surface area contributed by atoms with Crippen LogP contribution in [0.4, 0.5) is 5.95 Å². The highest BCUT2D eigenvalue weighted by atomic mass is 32.2. The van der Waals surface area contributed by atoms with Crippen LogP contribution in [0.3, 0.4) is 0 Å². The SMILES string of the molecule is Cc1ccc(CN)cc1S(=O)(=O)Nc1nnc(C)c(C)n1. The van der Waals surface area contributed by atoms with E-state index in [-0.39, 0.29) is 17.4 Å². The Hall–Kier alpha value is -2.06. The summed E-state index contributed by atoms with van der Waals surface area (Å²) in [5.41, 5.74) is 8.18. The lowest BCUT2D eigenvalue weighted by Crippen LogP contribution is -2.17. The van der Waals surface area contributed by atoms with Crippen molar-refractivity contribution in [2.45, 2.75) is 32.2 Å². The number of hydrogen-bond acceptors (Lipinski definition) is 6. The largest absolute Gasteiger partial charge is 0.326 e. The summed E-state index contributed by atoms with van der Waals surface area (Å²) in [7, 11) is -3.78. The third-order valence-corrected chi connectivity index (χ3v) is 4.57. The van der Waals surface area contributed by atoms with Crippen molar-refractivity contribution in [2.75, 3.05) is 4.72 Å². The van der Waals surface area contributed by atoms with Crippen molar-refractivity contribution in [1.29, 1.82) is 0 Å². The van der Waals surface area contributed by atoms with Crippen molar-refractivity contribution >= 4 is 16.0 Å². The summed E-state index contributed by atoms with van der Waals surface area (Å²) < 4.78 is 27.2. The van der Waals surface area contributed by atoms with Gasteiger partial charge in [-0.25, -0.2) is 18.1 Å². The number of nitrogens with zero attached hydrogens (tertiary/aromatic N) is 3. The third kappa shape index (κ3) is 3.34. The number of benzene rings is 1. The Labute approximate surface area is 123 Å². The Kier molecular flexibility index (Phi) is 4.19. The van der Waals surface area contributed by atoms with Gasteiger partial charge in [0.05, 0.1) is 16.3 Å². The van der Waals surface area contributed by atoms with Gasteiger partial charge in [0, 0.05) is 6.54 Å². The number of sulfonamides is 1. The summed E-state index contributed by atoms with van der Waals surface area (Å²) in [6, 6.07) is 5.06. The van der Waals surface area contributed by atoms with Crippen LogP contribution in [-0.2, 0) is 16.6 Å². The van der Waals surface area contributed by atoms with Gasteiger partial charge in [0.15, 0.2) is 0 Å². The number of nitrogens with two attached hydrogens (primary N) is 1. The predicted molar refractivity (Wildman–Crippen MR) is 79.2 cm³/mol. The highest BCUT2D eigenvalue weighted by Crippen LogP contribution is 2.19. The maximum Gasteiger partial charge on any atom is 0.264 e. The fourth-order valence-electron chi connectivity index (χ4n) is 1.74. The number of nitrogens with one attached hydrogen (secondary N) is 1. The van der Waals surface area contributed by atoms with Gasteiger partial charge in [0.1, 0.15) is 0 Å². The van der Waals surface area contributed by atoms with Gasteiger partial charge >= 0.3 is 0 Å². The lowest BCUT2D eigenvalue weighted by molar-refractivity contribution is 0.600. The second-order valence-electron chi connectivity index (χ2n) is 4.72. The number of rotatable bonds is 4. The summed E-state index contributed by atoms with van der Waals surface area (Å²) in [6.45, 7) is 5.48. The zero-order valence-corrected chi connectivity index (χ0v) is 12.9. The van der Waals surface area contributed by atoms with Gasteiger partial charge in [-0.1, -0.05) is 12.1 Å². The Morgan fingerprint density at radius 2 is 1.86 bits per heavy atom. The molecule has 3 N–H and O–H groups in total. The molecule has 21 heavy (non-hydrogen) atoms. The zero-order valence-electron chi connectivity index (χ0n) is 12.1. The van der Waals surface area contributed by atoms with Crippen LogP contribution in [0.15, 0.2) is 23.1 Å². The van der Waals surface area contributed by atoms with Gasteiger partial charge in [0.2, 0.25) is 0 Å². The van der Waals surface area contributed by atoms with Crippen LogP contribution in [0.2, 0.25) is 0 Å². The Bertz CT molecular complexity index is 774. The number of aromatic nitrogens is 3. The van der Waals surface area contributed by atoms with Gasteiger partial charge in [-0.2, -0.15) is 5.10 Å². The Morgan fingerprint density at radius 1 is 1.14 bits per heavy atom. The molecule has 112 valence electrons. The minimum absolute atomic E-state index is 0.0457. The first kappa shape index (κ1) is 15.3. The van der Waals surface area contributed by atoms with Crippen LogP contribution in [0, 0.1) is 20.8 Å². The van der Waals surface area contributed by atoms with Crippen molar-refractivity contribution in [3.63, 3.8) is 0 Å². The number of hydrogen-bond donors (Lipinski definition) is 2. The summed E-state index contributed by atoms with van der Waals surface area (Å²) in [5.74, 6) is -0.0457. The molecule has 0 spiro atoms. The molecule has 2 rings (SSSR count). The molecule has 1 aromatic heterocycles. The molecule has 0 saturated carbocycles. The molecule has 0 saturated heterocycles. The van der Waals surface area contributed by atoms with Gasteiger partial charge in [0.25, 0.3) is 16.0 Å². The topological polar surface area (TPSA) is 111 Å². The standard InChI is InChI=1S/C13H17N5O2S/c1-8-4-5-11(7-14)6-12(8)21(19,20)18-13-15-9(2)10(3)16-17-13/h4-6H,7,14H2,1-3H3,(H,15,17,18). The summed E-state index contributed by atoms with van der Waals surface area (Å²) >= 11 is 0. The molecule has 0 aliphatic carbocycles. The van der Waals surface area contributed by atoms with E-state index in [2.05, 4.69) is 19.9 Å². The third-order valence-electron chi connectivity index (χ3n) is 3.10. The second-order valence-corrected chi connectivity index (χ2v) is 6.37. The first-order valence-electron chi connectivity index (χ1n) is 6.34. The molecule has 1 heterocycles. The van der Waals surface area contributed by atoms with Crippen LogP contribution in [-0.4, -0.2) is 23.6 Å². The van der Waals surface area contributed by atoms with Crippen molar-refractivity contribution < 1.29 is 8.42 Å². The highest BCUT2D eigenvalue weighted by Gasteiger charge is 2.19. The molecular weight excluding hydrogens is 290 g/mol. The first-order chi connectivity index (χ1) is 9.83. The van der Waals surface area contributed by atoms with E-state index in [9.17, 15) is 8.42 Å². The average Bonchev–Trinajstić information content (AvgIpc) is 2.43. The van der Waals surface area contributed by atoms with Crippen LogP contribution in [0.25, 0.3) is 0 Å². The lowest BCUT2D eigenvalue weighted by Gasteiger charge is -2.10. The van der Waals surface area contributed by atoms with E-state index in [1.807, 2.05) is 0 Å². The summed E-state index contributed by atoms with van der Waals surface area (Å²) in [5, 5.41) is 7.60. The molecule has 7 nitrogen and oxygen atoms in total. The monoisotopic (exact) mass is 307 g/mol. The van der Waals surface area contributed by atoms with Gasteiger partial charge in [-0.3, -0.25) is 0 Å². The minimum Gasteiger partial charge on any atom is -0.326 e. The van der Waals surface area contributed by atoms with Gasteiger partial charge in [-0.05, 0) is 38.0 Å². The van der Waals surface area contributed by atoms with E-state index in [0.29, 0.717) is 17.0 Å². The fourth-order valence-corrected chi connectivity index (χ4v) is 2.97. The van der Waals surface area contributed by atoms with E-state index in [0.717, 1.165) is 5.56 Å². The molecule has 0 bridgehead atoms. The van der Waals surface area contributed by atoms with Crippen LogP contribution >= 0.6 is 0 Å².